The average Bonchev–Trinajstić information content (AvgIpc) is 3.44. The molecule has 3 rings (SSSR count). The van der Waals surface area contributed by atoms with Crippen molar-refractivity contribution in [3.05, 3.63) is 27.2 Å². The number of hydrogen-bond donors (Lipinski definition) is 1. The molecule has 176 valence electrons. The van der Waals surface area contributed by atoms with E-state index in [4.69, 9.17) is 20.8 Å². The molecule has 0 spiro atoms. The van der Waals surface area contributed by atoms with Crippen LogP contribution in [-0.4, -0.2) is 59.9 Å². The first-order valence-corrected chi connectivity index (χ1v) is 12.2. The number of carbonyl (C=O) groups is 2. The topological polar surface area (TPSA) is 101 Å². The molecule has 2 aromatic rings. The summed E-state index contributed by atoms with van der Waals surface area (Å²) in [6.07, 6.45) is 1.99. The SMILES string of the molecule is CCOC(=O)N1CCC(CC(NC(=O)c2ccc(Cl)s2)c2nnc(N(CC)CC)o2)CC1. The first kappa shape index (κ1) is 24.3. The van der Waals surface area contributed by atoms with Gasteiger partial charge in [0.15, 0.2) is 0 Å². The zero-order valence-electron chi connectivity index (χ0n) is 18.7. The molecule has 9 nitrogen and oxygen atoms in total. The second kappa shape index (κ2) is 11.5. The fraction of sp³-hybridized carbons (Fsp3) is 0.619. The maximum atomic E-state index is 12.8. The number of anilines is 1. The lowest BCUT2D eigenvalue weighted by molar-refractivity contribution is 0.0865. The van der Waals surface area contributed by atoms with Gasteiger partial charge in [0.1, 0.15) is 6.04 Å². The predicted octanol–water partition coefficient (Wildman–Crippen LogP) is 4.36. The molecule has 1 fully saturated rings. The van der Waals surface area contributed by atoms with Gasteiger partial charge >= 0.3 is 12.1 Å². The molecule has 0 aliphatic carbocycles. The van der Waals surface area contributed by atoms with Gasteiger partial charge in [-0.3, -0.25) is 4.79 Å². The quantitative estimate of drug-likeness (QED) is 0.565. The summed E-state index contributed by atoms with van der Waals surface area (Å²) in [7, 11) is 0. The van der Waals surface area contributed by atoms with E-state index >= 15 is 0 Å². The van der Waals surface area contributed by atoms with Crippen LogP contribution >= 0.6 is 22.9 Å². The highest BCUT2D eigenvalue weighted by molar-refractivity contribution is 7.18. The van der Waals surface area contributed by atoms with Crippen molar-refractivity contribution >= 4 is 41.0 Å². The standard InChI is InChI=1S/C21H30ClN5O4S/c1-4-26(5-2)20-25-24-19(31-20)15(23-18(28)16-7-8-17(22)32-16)13-14-9-11-27(12-10-14)21(29)30-6-3/h7-8,14-15H,4-6,9-13H2,1-3H3,(H,23,28). The van der Waals surface area contributed by atoms with Crippen molar-refractivity contribution in [3.63, 3.8) is 0 Å². The maximum Gasteiger partial charge on any atom is 0.409 e. The van der Waals surface area contributed by atoms with E-state index in [0.717, 1.165) is 25.9 Å². The van der Waals surface area contributed by atoms with Gasteiger partial charge in [0, 0.05) is 26.2 Å². The third-order valence-corrected chi connectivity index (χ3v) is 6.80. The molecule has 0 saturated carbocycles. The molecule has 1 aliphatic rings. The summed E-state index contributed by atoms with van der Waals surface area (Å²) in [5, 5.41) is 11.5. The minimum absolute atomic E-state index is 0.224. The van der Waals surface area contributed by atoms with Crippen LogP contribution in [0.5, 0.6) is 0 Å². The van der Waals surface area contributed by atoms with Crippen molar-refractivity contribution in [2.24, 2.45) is 5.92 Å². The van der Waals surface area contributed by atoms with Crippen LogP contribution < -0.4 is 10.2 Å². The van der Waals surface area contributed by atoms with Crippen LogP contribution in [0, 0.1) is 5.92 Å². The van der Waals surface area contributed by atoms with E-state index in [2.05, 4.69) is 15.5 Å². The summed E-state index contributed by atoms with van der Waals surface area (Å²) in [4.78, 5) is 29.0. The van der Waals surface area contributed by atoms with Gasteiger partial charge < -0.3 is 24.3 Å². The Morgan fingerprint density at radius 2 is 2.00 bits per heavy atom. The number of carbonyl (C=O) groups excluding carboxylic acids is 2. The molecule has 32 heavy (non-hydrogen) atoms. The lowest BCUT2D eigenvalue weighted by Gasteiger charge is -2.32. The lowest BCUT2D eigenvalue weighted by Crippen LogP contribution is -2.40. The Labute approximate surface area is 197 Å². The summed E-state index contributed by atoms with van der Waals surface area (Å²) in [6.45, 7) is 8.94. The molecular weight excluding hydrogens is 454 g/mol. The second-order valence-electron chi connectivity index (χ2n) is 7.59. The zero-order chi connectivity index (χ0) is 23.1. The van der Waals surface area contributed by atoms with Crippen LogP contribution in [0.4, 0.5) is 10.8 Å². The molecule has 1 N–H and O–H groups in total. The molecule has 1 atom stereocenters. The van der Waals surface area contributed by atoms with Gasteiger partial charge in [-0.2, -0.15) is 0 Å². The number of nitrogens with one attached hydrogen (secondary N) is 1. The van der Waals surface area contributed by atoms with Crippen LogP contribution in [0.2, 0.25) is 4.34 Å². The van der Waals surface area contributed by atoms with Crippen LogP contribution in [0.3, 0.4) is 0 Å². The zero-order valence-corrected chi connectivity index (χ0v) is 20.2. The van der Waals surface area contributed by atoms with Gasteiger partial charge in [-0.25, -0.2) is 4.79 Å². The fourth-order valence-electron chi connectivity index (χ4n) is 3.78. The Hall–Kier alpha value is -2.33. The Kier molecular flexibility index (Phi) is 8.75. The molecule has 11 heteroatoms. The van der Waals surface area contributed by atoms with Gasteiger partial charge in [-0.15, -0.1) is 16.4 Å². The maximum absolute atomic E-state index is 12.8. The number of nitrogens with zero attached hydrogens (tertiary/aromatic N) is 4. The predicted molar refractivity (Wildman–Crippen MR) is 123 cm³/mol. The Morgan fingerprint density at radius 1 is 1.28 bits per heavy atom. The number of thiophene rings is 1. The number of piperidine rings is 1. The van der Waals surface area contributed by atoms with Crippen molar-refractivity contribution in [1.29, 1.82) is 0 Å². The summed E-state index contributed by atoms with van der Waals surface area (Å²) < 4.78 is 11.6. The van der Waals surface area contributed by atoms with E-state index in [1.54, 1.807) is 24.0 Å². The summed E-state index contributed by atoms with van der Waals surface area (Å²) in [5.74, 6) is 0.455. The smallest absolute Gasteiger partial charge is 0.409 e. The molecule has 3 heterocycles. The number of ether oxygens (including phenoxy) is 1. The van der Waals surface area contributed by atoms with E-state index in [9.17, 15) is 9.59 Å². The molecule has 0 bridgehead atoms. The first-order valence-electron chi connectivity index (χ1n) is 11.0. The highest BCUT2D eigenvalue weighted by Gasteiger charge is 2.30. The highest BCUT2D eigenvalue weighted by atomic mass is 35.5. The number of halogens is 1. The normalized spacial score (nSPS) is 15.4. The molecule has 1 unspecified atom stereocenters. The molecule has 2 aromatic heterocycles. The molecule has 2 amide bonds. The fourth-order valence-corrected chi connectivity index (χ4v) is 4.72. The molecule has 1 saturated heterocycles. The first-order chi connectivity index (χ1) is 15.4. The van der Waals surface area contributed by atoms with Crippen LogP contribution in [-0.2, 0) is 4.74 Å². The summed E-state index contributed by atoms with van der Waals surface area (Å²) in [6, 6.07) is 3.42. The van der Waals surface area contributed by atoms with E-state index in [1.807, 2.05) is 18.7 Å². The summed E-state index contributed by atoms with van der Waals surface area (Å²) >= 11 is 7.22. The van der Waals surface area contributed by atoms with Crippen LogP contribution in [0.15, 0.2) is 16.5 Å². The van der Waals surface area contributed by atoms with Gasteiger partial charge in [-0.1, -0.05) is 16.7 Å². The van der Waals surface area contributed by atoms with E-state index in [1.165, 1.54) is 11.3 Å². The van der Waals surface area contributed by atoms with E-state index in [-0.39, 0.29) is 12.0 Å². The van der Waals surface area contributed by atoms with Crippen LogP contribution in [0.25, 0.3) is 0 Å². The molecular formula is C21H30ClN5O4S. The van der Waals surface area contributed by atoms with Gasteiger partial charge in [0.05, 0.1) is 15.8 Å². The lowest BCUT2D eigenvalue weighted by atomic mass is 9.90. The third-order valence-electron chi connectivity index (χ3n) is 5.57. The Morgan fingerprint density at radius 3 is 2.59 bits per heavy atom. The van der Waals surface area contributed by atoms with Crippen LogP contribution in [0.1, 0.15) is 61.6 Å². The van der Waals surface area contributed by atoms with Gasteiger partial charge in [0.25, 0.3) is 5.91 Å². The number of rotatable bonds is 9. The number of aromatic nitrogens is 2. The van der Waals surface area contributed by atoms with Gasteiger partial charge in [-0.05, 0) is 58.1 Å². The number of likely N-dealkylation sites (tertiary alicyclic amines) is 1. The third kappa shape index (κ3) is 6.13. The van der Waals surface area contributed by atoms with E-state index in [0.29, 0.717) is 53.2 Å². The molecule has 0 radical (unpaired) electrons. The van der Waals surface area contributed by atoms with Crippen molar-refractivity contribution in [1.82, 2.24) is 20.4 Å². The summed E-state index contributed by atoms with van der Waals surface area (Å²) in [5.41, 5.74) is 0. The van der Waals surface area contributed by atoms with Crippen molar-refractivity contribution in [2.75, 3.05) is 37.7 Å². The average molecular weight is 484 g/mol. The van der Waals surface area contributed by atoms with Crippen molar-refractivity contribution in [3.8, 4) is 0 Å². The van der Waals surface area contributed by atoms with Crippen molar-refractivity contribution in [2.45, 2.75) is 46.1 Å². The minimum atomic E-state index is -0.431. The van der Waals surface area contributed by atoms with E-state index < -0.39 is 6.04 Å². The molecule has 0 aromatic carbocycles. The highest BCUT2D eigenvalue weighted by Crippen LogP contribution is 2.30. The van der Waals surface area contributed by atoms with Gasteiger partial charge in [0.2, 0.25) is 5.89 Å². The Balaban J connectivity index is 1.71. The minimum Gasteiger partial charge on any atom is -0.450 e. The largest absolute Gasteiger partial charge is 0.450 e. The number of hydrogen-bond acceptors (Lipinski definition) is 8. The monoisotopic (exact) mass is 483 g/mol. The van der Waals surface area contributed by atoms with Crippen molar-refractivity contribution < 1.29 is 18.7 Å². The number of amides is 2. The second-order valence-corrected chi connectivity index (χ2v) is 9.31. The molecule has 1 aliphatic heterocycles. The Bertz CT molecular complexity index is 892.